The maximum atomic E-state index is 6.15. The molecule has 0 saturated carbocycles. The summed E-state index contributed by atoms with van der Waals surface area (Å²) in [6.45, 7) is 8.22. The maximum Gasteiger partial charge on any atom is 0.329 e. The summed E-state index contributed by atoms with van der Waals surface area (Å²) in [6.07, 6.45) is 4.49. The molecule has 120 valence electrons. The second-order valence-electron chi connectivity index (χ2n) is 6.02. The average Bonchev–Trinajstić information content (AvgIpc) is 2.84. The number of unbranched alkanes of at least 4 members (excludes halogenated alkanes) is 1. The van der Waals surface area contributed by atoms with Crippen LogP contribution >= 0.6 is 0 Å². The third-order valence-corrected chi connectivity index (χ3v) is 4.45. The highest BCUT2D eigenvalue weighted by molar-refractivity contribution is 5.50. The average molecular weight is 309 g/mol. The molecule has 0 amide bonds. The first-order valence-electron chi connectivity index (χ1n) is 8.39. The van der Waals surface area contributed by atoms with E-state index in [2.05, 4.69) is 60.2 Å². The number of nitrogens with zero attached hydrogens (tertiary/aromatic N) is 2. The van der Waals surface area contributed by atoms with E-state index >= 15 is 0 Å². The van der Waals surface area contributed by atoms with Gasteiger partial charge in [-0.2, -0.15) is 4.40 Å². The largest absolute Gasteiger partial charge is 0.481 e. The van der Waals surface area contributed by atoms with Crippen LogP contribution in [-0.2, 0) is 13.2 Å². The van der Waals surface area contributed by atoms with Crippen LogP contribution in [-0.4, -0.2) is 4.57 Å². The zero-order chi connectivity index (χ0) is 16.2. The van der Waals surface area contributed by atoms with Crippen molar-refractivity contribution in [3.63, 3.8) is 0 Å². The standard InChI is InChI=1S/C20H25N2O/c1-4-5-13-21-16(2)17(3)22-14-9-12-19(20(21)22)23-15-18-10-7-6-8-11-18/h6-12,14H,4-5,13,15H2,1-3H3/q+1. The van der Waals surface area contributed by atoms with Gasteiger partial charge in [-0.3, -0.25) is 0 Å². The van der Waals surface area contributed by atoms with Crippen LogP contribution < -0.4 is 9.14 Å². The predicted octanol–water partition coefficient (Wildman–Crippen LogP) is 4.22. The van der Waals surface area contributed by atoms with Gasteiger partial charge in [0.25, 0.3) is 0 Å². The van der Waals surface area contributed by atoms with Gasteiger partial charge >= 0.3 is 5.65 Å². The molecular formula is C20H25N2O+. The molecule has 3 rings (SSSR count). The molecule has 0 bridgehead atoms. The van der Waals surface area contributed by atoms with Crippen molar-refractivity contribution in [2.45, 2.75) is 46.8 Å². The molecule has 0 unspecified atom stereocenters. The van der Waals surface area contributed by atoms with Crippen LogP contribution in [0.3, 0.4) is 0 Å². The highest BCUT2D eigenvalue weighted by Gasteiger charge is 2.23. The number of aryl methyl sites for hydroxylation is 2. The minimum atomic E-state index is 0.595. The highest BCUT2D eigenvalue weighted by atomic mass is 16.5. The van der Waals surface area contributed by atoms with Crippen molar-refractivity contribution >= 4 is 5.65 Å². The number of hydrogen-bond acceptors (Lipinski definition) is 1. The van der Waals surface area contributed by atoms with Gasteiger partial charge in [0.2, 0.25) is 5.75 Å². The Hall–Kier alpha value is -2.29. The Kier molecular flexibility index (Phi) is 4.65. The zero-order valence-electron chi connectivity index (χ0n) is 14.2. The summed E-state index contributed by atoms with van der Waals surface area (Å²) in [4.78, 5) is 0. The number of ether oxygens (including phenoxy) is 1. The molecule has 0 radical (unpaired) electrons. The summed E-state index contributed by atoms with van der Waals surface area (Å²) in [7, 11) is 0. The second-order valence-corrected chi connectivity index (χ2v) is 6.02. The van der Waals surface area contributed by atoms with Crippen LogP contribution in [0.15, 0.2) is 48.7 Å². The van der Waals surface area contributed by atoms with Crippen molar-refractivity contribution < 1.29 is 9.14 Å². The van der Waals surface area contributed by atoms with Gasteiger partial charge in [-0.05, 0) is 24.1 Å². The lowest BCUT2D eigenvalue weighted by Gasteiger charge is -2.07. The Morgan fingerprint density at radius 2 is 1.83 bits per heavy atom. The van der Waals surface area contributed by atoms with Gasteiger partial charge < -0.3 is 4.74 Å². The Balaban J connectivity index is 1.97. The normalized spacial score (nSPS) is 11.1. The quantitative estimate of drug-likeness (QED) is 0.623. The number of benzene rings is 1. The molecule has 0 aliphatic heterocycles. The van der Waals surface area contributed by atoms with Gasteiger partial charge in [-0.1, -0.05) is 43.7 Å². The molecule has 0 spiro atoms. The Morgan fingerprint density at radius 1 is 1.04 bits per heavy atom. The molecular weight excluding hydrogens is 284 g/mol. The Labute approximate surface area is 138 Å². The van der Waals surface area contributed by atoms with E-state index in [9.17, 15) is 0 Å². The van der Waals surface area contributed by atoms with Crippen molar-refractivity contribution in [3.05, 3.63) is 65.6 Å². The number of pyridine rings is 1. The first-order valence-corrected chi connectivity index (χ1v) is 8.39. The van der Waals surface area contributed by atoms with E-state index < -0.39 is 0 Å². The van der Waals surface area contributed by atoms with Crippen molar-refractivity contribution in [1.29, 1.82) is 0 Å². The van der Waals surface area contributed by atoms with Crippen LogP contribution in [0, 0.1) is 13.8 Å². The first kappa shape index (κ1) is 15.6. The molecule has 1 aromatic carbocycles. The number of rotatable bonds is 6. The molecule has 0 aliphatic carbocycles. The van der Waals surface area contributed by atoms with E-state index in [0.29, 0.717) is 6.61 Å². The summed E-state index contributed by atoms with van der Waals surface area (Å²) in [5, 5.41) is 0. The molecule has 23 heavy (non-hydrogen) atoms. The lowest BCUT2D eigenvalue weighted by Crippen LogP contribution is -2.23. The molecule has 0 aliphatic rings. The summed E-state index contributed by atoms with van der Waals surface area (Å²) in [6, 6.07) is 14.4. The van der Waals surface area contributed by atoms with Crippen LogP contribution in [0.2, 0.25) is 0 Å². The lowest BCUT2D eigenvalue weighted by atomic mass is 10.2. The smallest absolute Gasteiger partial charge is 0.329 e. The molecule has 2 aromatic heterocycles. The fourth-order valence-electron chi connectivity index (χ4n) is 2.98. The van der Waals surface area contributed by atoms with Crippen LogP contribution in [0.4, 0.5) is 0 Å². The number of fused-ring (bicyclic) bond motifs is 1. The molecule has 0 saturated heterocycles. The van der Waals surface area contributed by atoms with Crippen LogP contribution in [0.1, 0.15) is 36.7 Å². The lowest BCUT2D eigenvalue weighted by molar-refractivity contribution is -0.519. The summed E-state index contributed by atoms with van der Waals surface area (Å²) < 4.78 is 10.8. The van der Waals surface area contributed by atoms with Crippen molar-refractivity contribution in [2.24, 2.45) is 0 Å². The van der Waals surface area contributed by atoms with Crippen LogP contribution in [0.25, 0.3) is 5.65 Å². The first-order chi connectivity index (χ1) is 11.2. The fourth-order valence-corrected chi connectivity index (χ4v) is 2.98. The van der Waals surface area contributed by atoms with E-state index in [0.717, 1.165) is 17.9 Å². The molecule has 3 heteroatoms. The number of aromatic nitrogens is 2. The van der Waals surface area contributed by atoms with Gasteiger partial charge in [-0.25, -0.2) is 4.57 Å². The molecule has 3 aromatic rings. The highest BCUT2D eigenvalue weighted by Crippen LogP contribution is 2.22. The molecule has 3 nitrogen and oxygen atoms in total. The Morgan fingerprint density at radius 3 is 2.57 bits per heavy atom. The Bertz CT molecular complexity index is 790. The molecule has 0 atom stereocenters. The third-order valence-electron chi connectivity index (χ3n) is 4.45. The van der Waals surface area contributed by atoms with E-state index in [1.54, 1.807) is 0 Å². The van der Waals surface area contributed by atoms with Crippen molar-refractivity contribution in [3.8, 4) is 5.75 Å². The third kappa shape index (κ3) is 3.09. The van der Waals surface area contributed by atoms with E-state index in [1.165, 1.54) is 29.8 Å². The predicted molar refractivity (Wildman–Crippen MR) is 92.7 cm³/mol. The molecule has 2 heterocycles. The van der Waals surface area contributed by atoms with E-state index in [-0.39, 0.29) is 0 Å². The van der Waals surface area contributed by atoms with Gasteiger partial charge in [0.05, 0.1) is 12.7 Å². The molecule has 0 fully saturated rings. The summed E-state index contributed by atoms with van der Waals surface area (Å²) >= 11 is 0. The number of imidazole rings is 1. The molecule has 0 N–H and O–H groups in total. The fraction of sp³-hybridized carbons (Fsp3) is 0.350. The zero-order valence-corrected chi connectivity index (χ0v) is 14.2. The van der Waals surface area contributed by atoms with Crippen LogP contribution in [0.5, 0.6) is 5.75 Å². The monoisotopic (exact) mass is 309 g/mol. The van der Waals surface area contributed by atoms with Gasteiger partial charge in [0.1, 0.15) is 18.0 Å². The van der Waals surface area contributed by atoms with Gasteiger partial charge in [0, 0.05) is 13.8 Å². The number of hydrogen-bond donors (Lipinski definition) is 0. The van der Waals surface area contributed by atoms with E-state index in [1.807, 2.05) is 18.2 Å². The summed E-state index contributed by atoms with van der Waals surface area (Å²) in [5.41, 5.74) is 4.94. The van der Waals surface area contributed by atoms with E-state index in [4.69, 9.17) is 4.74 Å². The van der Waals surface area contributed by atoms with Crippen molar-refractivity contribution in [2.75, 3.05) is 0 Å². The second kappa shape index (κ2) is 6.86. The van der Waals surface area contributed by atoms with Crippen molar-refractivity contribution in [1.82, 2.24) is 4.57 Å². The maximum absolute atomic E-state index is 6.15. The topological polar surface area (TPSA) is 18.3 Å². The summed E-state index contributed by atoms with van der Waals surface area (Å²) in [5.74, 6) is 0.948. The van der Waals surface area contributed by atoms with Gasteiger partial charge in [0.15, 0.2) is 0 Å². The SMILES string of the molecule is CCCCn1c(C)c(C)[n+]2cccc(OCc3ccccc3)c12. The minimum Gasteiger partial charge on any atom is -0.481 e. The minimum absolute atomic E-state index is 0.595. The van der Waals surface area contributed by atoms with Gasteiger partial charge in [-0.15, -0.1) is 0 Å².